The van der Waals surface area contributed by atoms with Crippen LogP contribution in [0.1, 0.15) is 18.7 Å². The van der Waals surface area contributed by atoms with E-state index in [-0.39, 0.29) is 0 Å². The highest BCUT2D eigenvalue weighted by molar-refractivity contribution is 5.89. The zero-order chi connectivity index (χ0) is 14.2. The Hall–Kier alpha value is -1.59. The van der Waals surface area contributed by atoms with Gasteiger partial charge >= 0.3 is 0 Å². The van der Waals surface area contributed by atoms with E-state index >= 15 is 0 Å². The molecule has 1 atom stereocenters. The van der Waals surface area contributed by atoms with Gasteiger partial charge in [0.25, 0.3) is 0 Å². The van der Waals surface area contributed by atoms with Gasteiger partial charge in [0.15, 0.2) is 0 Å². The summed E-state index contributed by atoms with van der Waals surface area (Å²) in [5.74, 6) is 1.01. The second-order valence-electron chi connectivity index (χ2n) is 6.17. The molecule has 0 spiro atoms. The molecule has 0 radical (unpaired) electrons. The summed E-state index contributed by atoms with van der Waals surface area (Å²) in [5, 5.41) is 3.16. The molecule has 0 aliphatic carbocycles. The van der Waals surface area contributed by atoms with Crippen molar-refractivity contribution in [2.24, 2.45) is 0 Å². The molecule has 5 nitrogen and oxygen atoms in total. The van der Waals surface area contributed by atoms with Gasteiger partial charge in [-0.05, 0) is 38.6 Å². The summed E-state index contributed by atoms with van der Waals surface area (Å²) in [5.41, 5.74) is 3.55. The molecule has 5 heteroatoms. The van der Waals surface area contributed by atoms with Crippen molar-refractivity contribution in [2.45, 2.75) is 25.4 Å². The molecule has 4 rings (SSSR count). The average molecular weight is 285 g/mol. The Morgan fingerprint density at radius 1 is 1.33 bits per heavy atom. The van der Waals surface area contributed by atoms with Gasteiger partial charge in [-0.3, -0.25) is 4.90 Å². The minimum absolute atomic E-state index is 0.740. The fraction of sp³-hybridized carbons (Fsp3) is 0.562. The minimum Gasteiger partial charge on any atom is -0.367 e. The lowest BCUT2D eigenvalue weighted by Gasteiger charge is -2.38. The molecular formula is C16H23N5. The summed E-state index contributed by atoms with van der Waals surface area (Å²) >= 11 is 0. The van der Waals surface area contributed by atoms with Gasteiger partial charge in [0.1, 0.15) is 11.3 Å². The van der Waals surface area contributed by atoms with Crippen LogP contribution < -0.4 is 10.2 Å². The van der Waals surface area contributed by atoms with Gasteiger partial charge in [0.05, 0.1) is 17.7 Å². The Morgan fingerprint density at radius 3 is 3.19 bits per heavy atom. The normalized spacial score (nSPS) is 22.9. The van der Waals surface area contributed by atoms with Crippen molar-refractivity contribution in [3.8, 4) is 0 Å². The highest BCUT2D eigenvalue weighted by atomic mass is 15.3. The van der Waals surface area contributed by atoms with Crippen molar-refractivity contribution in [3.05, 3.63) is 24.0 Å². The Morgan fingerprint density at radius 2 is 2.29 bits per heavy atom. The molecule has 0 amide bonds. The van der Waals surface area contributed by atoms with Crippen molar-refractivity contribution in [2.75, 3.05) is 38.1 Å². The molecule has 1 aromatic heterocycles. The van der Waals surface area contributed by atoms with Crippen molar-refractivity contribution < 1.29 is 0 Å². The third-order valence-corrected chi connectivity index (χ3v) is 4.81. The predicted octanol–water partition coefficient (Wildman–Crippen LogP) is 1.57. The van der Waals surface area contributed by atoms with Crippen LogP contribution in [0.25, 0.3) is 11.0 Å². The van der Waals surface area contributed by atoms with Crippen LogP contribution in [0.3, 0.4) is 0 Å². The zero-order valence-electron chi connectivity index (χ0n) is 12.6. The van der Waals surface area contributed by atoms with E-state index in [1.807, 2.05) is 7.05 Å². The topological polar surface area (TPSA) is 47.2 Å². The van der Waals surface area contributed by atoms with Crippen LogP contribution in [-0.4, -0.2) is 54.1 Å². The first-order valence-electron chi connectivity index (χ1n) is 7.96. The minimum atomic E-state index is 0.740. The van der Waals surface area contributed by atoms with E-state index in [4.69, 9.17) is 4.98 Å². The van der Waals surface area contributed by atoms with E-state index in [2.05, 4.69) is 38.3 Å². The fourth-order valence-corrected chi connectivity index (χ4v) is 3.78. The van der Waals surface area contributed by atoms with Crippen LogP contribution in [0, 0.1) is 0 Å². The van der Waals surface area contributed by atoms with E-state index in [0.717, 1.165) is 42.5 Å². The average Bonchev–Trinajstić information content (AvgIpc) is 3.12. The fourth-order valence-electron chi connectivity index (χ4n) is 3.78. The van der Waals surface area contributed by atoms with E-state index in [1.165, 1.54) is 31.6 Å². The second-order valence-corrected chi connectivity index (χ2v) is 6.17. The molecule has 0 bridgehead atoms. The summed E-state index contributed by atoms with van der Waals surface area (Å²) < 4.78 is 0. The summed E-state index contributed by atoms with van der Waals surface area (Å²) in [6.45, 7) is 5.52. The van der Waals surface area contributed by atoms with Gasteiger partial charge in [-0.15, -0.1) is 0 Å². The summed E-state index contributed by atoms with van der Waals surface area (Å²) in [7, 11) is 1.95. The summed E-state index contributed by atoms with van der Waals surface area (Å²) in [6, 6.07) is 7.22. The number of benzene rings is 1. The number of nitrogens with zero attached hydrogens (tertiary/aromatic N) is 3. The number of rotatable bonds is 3. The molecule has 0 saturated carbocycles. The molecule has 2 aliphatic heterocycles. The number of aromatic amines is 1. The number of H-pyrrole nitrogens is 1. The number of para-hydroxylation sites is 1. The van der Waals surface area contributed by atoms with E-state index in [1.54, 1.807) is 0 Å². The SMILES string of the molecule is CNCc1nc2c(N3CCN4CCC[C@@H]4C3)cccc2[nH]1. The number of nitrogens with one attached hydrogen (secondary N) is 2. The number of anilines is 1. The molecule has 112 valence electrons. The van der Waals surface area contributed by atoms with Crippen LogP contribution in [0.4, 0.5) is 5.69 Å². The number of aromatic nitrogens is 2. The van der Waals surface area contributed by atoms with E-state index in [0.29, 0.717) is 0 Å². The molecule has 2 aromatic rings. The lowest BCUT2D eigenvalue weighted by molar-refractivity contribution is 0.231. The van der Waals surface area contributed by atoms with Crippen molar-refractivity contribution >= 4 is 16.7 Å². The lowest BCUT2D eigenvalue weighted by Crippen LogP contribution is -2.50. The Labute approximate surface area is 125 Å². The predicted molar refractivity (Wildman–Crippen MR) is 85.7 cm³/mol. The maximum Gasteiger partial charge on any atom is 0.121 e. The zero-order valence-corrected chi connectivity index (χ0v) is 12.6. The van der Waals surface area contributed by atoms with Crippen LogP contribution in [0.15, 0.2) is 18.2 Å². The van der Waals surface area contributed by atoms with Crippen molar-refractivity contribution in [1.82, 2.24) is 20.2 Å². The van der Waals surface area contributed by atoms with Crippen LogP contribution in [0.2, 0.25) is 0 Å². The van der Waals surface area contributed by atoms with Gasteiger partial charge in [0.2, 0.25) is 0 Å². The number of imidazole rings is 1. The summed E-state index contributed by atoms with van der Waals surface area (Å²) in [6.07, 6.45) is 2.70. The molecular weight excluding hydrogens is 262 g/mol. The molecule has 3 heterocycles. The van der Waals surface area contributed by atoms with Crippen LogP contribution in [-0.2, 0) is 6.54 Å². The monoisotopic (exact) mass is 285 g/mol. The first kappa shape index (κ1) is 13.1. The number of hydrogen-bond acceptors (Lipinski definition) is 4. The van der Waals surface area contributed by atoms with Gasteiger partial charge in [-0.2, -0.15) is 0 Å². The quantitative estimate of drug-likeness (QED) is 0.898. The maximum absolute atomic E-state index is 4.79. The highest BCUT2D eigenvalue weighted by Crippen LogP contribution is 2.29. The molecule has 0 unspecified atom stereocenters. The van der Waals surface area contributed by atoms with Gasteiger partial charge in [-0.25, -0.2) is 4.98 Å². The first-order chi connectivity index (χ1) is 10.3. The van der Waals surface area contributed by atoms with Crippen LogP contribution >= 0.6 is 0 Å². The number of fused-ring (bicyclic) bond motifs is 2. The van der Waals surface area contributed by atoms with E-state index in [9.17, 15) is 0 Å². The molecule has 2 aliphatic rings. The maximum atomic E-state index is 4.79. The molecule has 2 N–H and O–H groups in total. The van der Waals surface area contributed by atoms with Gasteiger partial charge < -0.3 is 15.2 Å². The number of piperazine rings is 1. The third-order valence-electron chi connectivity index (χ3n) is 4.81. The van der Waals surface area contributed by atoms with Crippen molar-refractivity contribution in [1.29, 1.82) is 0 Å². The van der Waals surface area contributed by atoms with E-state index < -0.39 is 0 Å². The van der Waals surface area contributed by atoms with Gasteiger partial charge in [-0.1, -0.05) is 6.07 Å². The molecule has 2 saturated heterocycles. The Bertz CT molecular complexity index is 635. The molecule has 1 aromatic carbocycles. The Kier molecular flexibility index (Phi) is 3.31. The largest absolute Gasteiger partial charge is 0.367 e. The standard InChI is InChI=1S/C16H23N5/c1-17-10-15-18-13-5-2-6-14(16(13)19-15)21-9-8-20-7-3-4-12(20)11-21/h2,5-6,12,17H,3-4,7-11H2,1H3,(H,18,19)/t12-/m1/s1. The Balaban J connectivity index is 1.66. The molecule has 21 heavy (non-hydrogen) atoms. The molecule has 2 fully saturated rings. The van der Waals surface area contributed by atoms with Crippen LogP contribution in [0.5, 0.6) is 0 Å². The smallest absolute Gasteiger partial charge is 0.121 e. The second kappa shape index (κ2) is 5.31. The first-order valence-corrected chi connectivity index (χ1v) is 7.96. The lowest BCUT2D eigenvalue weighted by atomic mass is 10.1. The summed E-state index contributed by atoms with van der Waals surface area (Å²) in [4.78, 5) is 13.4. The highest BCUT2D eigenvalue weighted by Gasteiger charge is 2.31. The van der Waals surface area contributed by atoms with Crippen molar-refractivity contribution in [3.63, 3.8) is 0 Å². The van der Waals surface area contributed by atoms with Gasteiger partial charge in [0, 0.05) is 25.7 Å². The third kappa shape index (κ3) is 2.30. The number of hydrogen-bond donors (Lipinski definition) is 2.